The van der Waals surface area contributed by atoms with E-state index >= 15 is 0 Å². The van der Waals surface area contributed by atoms with Gasteiger partial charge < -0.3 is 19.4 Å². The molecule has 1 aromatic carbocycles. The number of rotatable bonds is 2. The second kappa shape index (κ2) is 3.53. The molecule has 0 aliphatic heterocycles. The zero-order valence-electron chi connectivity index (χ0n) is 10.0. The standard InChI is InChI=1S/C13H12N2O3/c1-15-11-4-3-7(18-2)5-8(11)9-6-10(13(16)17)14-12(9)15/h3-6,14H,1-2H3,(H,16,17). The van der Waals surface area contributed by atoms with E-state index in [-0.39, 0.29) is 5.69 Å². The van der Waals surface area contributed by atoms with E-state index in [1.807, 2.05) is 29.8 Å². The number of hydrogen-bond donors (Lipinski definition) is 2. The third kappa shape index (κ3) is 1.30. The molecule has 18 heavy (non-hydrogen) atoms. The number of ether oxygens (including phenoxy) is 1. The molecule has 2 aromatic heterocycles. The van der Waals surface area contributed by atoms with Crippen LogP contribution in [0.4, 0.5) is 0 Å². The summed E-state index contributed by atoms with van der Waals surface area (Å²) in [6.07, 6.45) is 0. The van der Waals surface area contributed by atoms with Gasteiger partial charge in [-0.2, -0.15) is 0 Å². The molecule has 0 radical (unpaired) electrons. The number of fused-ring (bicyclic) bond motifs is 3. The van der Waals surface area contributed by atoms with Gasteiger partial charge in [-0.05, 0) is 24.3 Å². The number of aromatic nitrogens is 2. The highest BCUT2D eigenvalue weighted by Gasteiger charge is 2.14. The quantitative estimate of drug-likeness (QED) is 0.727. The van der Waals surface area contributed by atoms with Crippen molar-refractivity contribution in [2.45, 2.75) is 0 Å². The van der Waals surface area contributed by atoms with Crippen LogP contribution in [0.3, 0.4) is 0 Å². The number of H-pyrrole nitrogens is 1. The molecule has 0 bridgehead atoms. The van der Waals surface area contributed by atoms with E-state index in [0.717, 1.165) is 27.7 Å². The van der Waals surface area contributed by atoms with Crippen LogP contribution in [0.5, 0.6) is 5.75 Å². The van der Waals surface area contributed by atoms with E-state index in [1.54, 1.807) is 13.2 Å². The lowest BCUT2D eigenvalue weighted by Crippen LogP contribution is -1.96. The number of nitrogens with one attached hydrogen (secondary N) is 1. The number of hydrogen-bond acceptors (Lipinski definition) is 2. The van der Waals surface area contributed by atoms with E-state index in [1.165, 1.54) is 0 Å². The van der Waals surface area contributed by atoms with Crippen LogP contribution in [-0.4, -0.2) is 27.7 Å². The normalized spacial score (nSPS) is 11.2. The molecule has 0 saturated carbocycles. The predicted molar refractivity (Wildman–Crippen MR) is 68.3 cm³/mol. The number of carboxylic acids is 1. The Balaban J connectivity index is 2.41. The largest absolute Gasteiger partial charge is 0.497 e. The first-order valence-electron chi connectivity index (χ1n) is 5.50. The van der Waals surface area contributed by atoms with Crippen LogP contribution in [0, 0.1) is 0 Å². The fourth-order valence-electron chi connectivity index (χ4n) is 2.30. The highest BCUT2D eigenvalue weighted by molar-refractivity contribution is 6.10. The van der Waals surface area contributed by atoms with Crippen LogP contribution in [0.15, 0.2) is 24.3 Å². The van der Waals surface area contributed by atoms with Gasteiger partial charge in [0.05, 0.1) is 12.6 Å². The van der Waals surface area contributed by atoms with E-state index in [0.29, 0.717) is 0 Å². The number of aromatic carboxylic acids is 1. The Kier molecular flexibility index (Phi) is 2.10. The van der Waals surface area contributed by atoms with Crippen molar-refractivity contribution in [3.8, 4) is 5.75 Å². The molecule has 0 spiro atoms. The summed E-state index contributed by atoms with van der Waals surface area (Å²) in [6.45, 7) is 0. The van der Waals surface area contributed by atoms with E-state index in [4.69, 9.17) is 9.84 Å². The number of aromatic amines is 1. The van der Waals surface area contributed by atoms with E-state index in [2.05, 4.69) is 4.98 Å². The first-order chi connectivity index (χ1) is 8.61. The highest BCUT2D eigenvalue weighted by atomic mass is 16.5. The average Bonchev–Trinajstić information content (AvgIpc) is 2.90. The Morgan fingerprint density at radius 3 is 2.78 bits per heavy atom. The number of methoxy groups -OCH3 is 1. The molecule has 0 aliphatic rings. The van der Waals surface area contributed by atoms with Crippen molar-refractivity contribution in [3.05, 3.63) is 30.0 Å². The fourth-order valence-corrected chi connectivity index (χ4v) is 2.30. The zero-order valence-corrected chi connectivity index (χ0v) is 10.0. The lowest BCUT2D eigenvalue weighted by Gasteiger charge is -2.01. The number of carboxylic acid groups (broad SMARTS) is 1. The fraction of sp³-hybridized carbons (Fsp3) is 0.154. The van der Waals surface area contributed by atoms with Gasteiger partial charge in [0.2, 0.25) is 0 Å². The molecule has 0 aliphatic carbocycles. The Labute approximate surface area is 103 Å². The molecule has 5 nitrogen and oxygen atoms in total. The van der Waals surface area contributed by atoms with Gasteiger partial charge in [-0.15, -0.1) is 0 Å². The molecular formula is C13H12N2O3. The molecule has 0 fully saturated rings. The van der Waals surface area contributed by atoms with Crippen LogP contribution >= 0.6 is 0 Å². The van der Waals surface area contributed by atoms with Crippen LogP contribution in [0.2, 0.25) is 0 Å². The third-order valence-electron chi connectivity index (χ3n) is 3.22. The first-order valence-corrected chi connectivity index (χ1v) is 5.50. The second-order valence-corrected chi connectivity index (χ2v) is 4.19. The van der Waals surface area contributed by atoms with Crippen LogP contribution in [-0.2, 0) is 7.05 Å². The zero-order chi connectivity index (χ0) is 12.9. The lowest BCUT2D eigenvalue weighted by molar-refractivity contribution is 0.0691. The van der Waals surface area contributed by atoms with Crippen molar-refractivity contribution >= 4 is 27.9 Å². The minimum atomic E-state index is -0.956. The third-order valence-corrected chi connectivity index (χ3v) is 3.22. The molecule has 0 atom stereocenters. The summed E-state index contributed by atoms with van der Waals surface area (Å²) in [4.78, 5) is 13.9. The minimum absolute atomic E-state index is 0.195. The van der Waals surface area contributed by atoms with Crippen molar-refractivity contribution in [2.24, 2.45) is 7.05 Å². The Hall–Kier alpha value is -2.43. The maximum Gasteiger partial charge on any atom is 0.352 e. The van der Waals surface area contributed by atoms with Gasteiger partial charge in [0.15, 0.2) is 0 Å². The van der Waals surface area contributed by atoms with Crippen molar-refractivity contribution in [1.29, 1.82) is 0 Å². The summed E-state index contributed by atoms with van der Waals surface area (Å²) in [5, 5.41) is 10.9. The number of benzene rings is 1. The van der Waals surface area contributed by atoms with Crippen molar-refractivity contribution < 1.29 is 14.6 Å². The molecule has 3 aromatic rings. The number of nitrogens with zero attached hydrogens (tertiary/aromatic N) is 1. The molecule has 0 saturated heterocycles. The molecule has 5 heteroatoms. The summed E-state index contributed by atoms with van der Waals surface area (Å²) >= 11 is 0. The average molecular weight is 244 g/mol. The topological polar surface area (TPSA) is 67.2 Å². The second-order valence-electron chi connectivity index (χ2n) is 4.19. The van der Waals surface area contributed by atoms with Crippen molar-refractivity contribution in [1.82, 2.24) is 9.55 Å². The summed E-state index contributed by atoms with van der Waals surface area (Å²) in [7, 11) is 3.51. The van der Waals surface area contributed by atoms with Gasteiger partial charge in [0.1, 0.15) is 17.1 Å². The molecule has 0 unspecified atom stereocenters. The lowest BCUT2D eigenvalue weighted by atomic mass is 10.2. The smallest absolute Gasteiger partial charge is 0.352 e. The maximum absolute atomic E-state index is 11.0. The summed E-state index contributed by atoms with van der Waals surface area (Å²) in [5.41, 5.74) is 2.03. The van der Waals surface area contributed by atoms with Crippen molar-refractivity contribution in [3.63, 3.8) is 0 Å². The van der Waals surface area contributed by atoms with Gasteiger partial charge >= 0.3 is 5.97 Å². The molecular weight excluding hydrogens is 232 g/mol. The number of carbonyl (C=O) groups is 1. The van der Waals surface area contributed by atoms with Gasteiger partial charge in [0, 0.05) is 17.8 Å². The van der Waals surface area contributed by atoms with Crippen molar-refractivity contribution in [2.75, 3.05) is 7.11 Å². The van der Waals surface area contributed by atoms with Gasteiger partial charge in [-0.1, -0.05) is 0 Å². The Morgan fingerprint density at radius 1 is 1.33 bits per heavy atom. The van der Waals surface area contributed by atoms with E-state index in [9.17, 15) is 4.79 Å². The molecule has 0 amide bonds. The maximum atomic E-state index is 11.0. The summed E-state index contributed by atoms with van der Waals surface area (Å²) in [6, 6.07) is 7.42. The molecule has 92 valence electrons. The first kappa shape index (κ1) is 10.7. The Morgan fingerprint density at radius 2 is 2.11 bits per heavy atom. The van der Waals surface area contributed by atoms with Crippen LogP contribution in [0.1, 0.15) is 10.5 Å². The van der Waals surface area contributed by atoms with E-state index < -0.39 is 5.97 Å². The SMILES string of the molecule is COc1ccc2c(c1)c1cc(C(=O)O)[nH]c1n2C. The minimum Gasteiger partial charge on any atom is -0.497 e. The molecule has 2 heterocycles. The summed E-state index contributed by atoms with van der Waals surface area (Å²) in [5.74, 6) is -0.199. The molecule has 2 N–H and O–H groups in total. The predicted octanol–water partition coefficient (Wildman–Crippen LogP) is 2.37. The van der Waals surface area contributed by atoms with Crippen LogP contribution in [0.25, 0.3) is 21.9 Å². The number of aryl methyl sites for hydroxylation is 1. The highest BCUT2D eigenvalue weighted by Crippen LogP contribution is 2.31. The van der Waals surface area contributed by atoms with Gasteiger partial charge in [-0.25, -0.2) is 4.79 Å². The molecule has 3 rings (SSSR count). The Bertz CT molecular complexity index is 767. The van der Waals surface area contributed by atoms with Gasteiger partial charge in [-0.3, -0.25) is 0 Å². The monoisotopic (exact) mass is 244 g/mol. The van der Waals surface area contributed by atoms with Gasteiger partial charge in [0.25, 0.3) is 0 Å². The van der Waals surface area contributed by atoms with Crippen LogP contribution < -0.4 is 4.74 Å². The summed E-state index contributed by atoms with van der Waals surface area (Å²) < 4.78 is 7.14.